The summed E-state index contributed by atoms with van der Waals surface area (Å²) in [6, 6.07) is 6.65. The van der Waals surface area contributed by atoms with E-state index in [1.165, 1.54) is 13.8 Å². The second kappa shape index (κ2) is 9.63. The zero-order valence-corrected chi connectivity index (χ0v) is 24.4. The zero-order valence-electron chi connectivity index (χ0n) is 24.4. The first kappa shape index (κ1) is 29.2. The van der Waals surface area contributed by atoms with E-state index in [0.717, 1.165) is 0 Å². The molecule has 41 heavy (non-hydrogen) atoms. The number of aliphatic hydroxyl groups is 2. The minimum absolute atomic E-state index is 0.0145. The summed E-state index contributed by atoms with van der Waals surface area (Å²) in [5.74, 6) is -3.58. The normalized spacial score (nSPS) is 36.4. The third kappa shape index (κ3) is 4.45. The summed E-state index contributed by atoms with van der Waals surface area (Å²) in [5.41, 5.74) is -3.10. The zero-order chi connectivity index (χ0) is 30.1. The average Bonchev–Trinajstić information content (AvgIpc) is 3.27. The second-order valence-electron chi connectivity index (χ2n) is 12.9. The number of esters is 3. The predicted octanol–water partition coefficient (Wildman–Crippen LogP) is 3.25. The molecule has 7 atom stereocenters. The Morgan fingerprint density at radius 1 is 1.02 bits per heavy atom. The van der Waals surface area contributed by atoms with Crippen LogP contribution in [-0.2, 0) is 35.1 Å². The van der Waals surface area contributed by atoms with E-state index in [0.29, 0.717) is 28.9 Å². The van der Waals surface area contributed by atoms with Gasteiger partial charge in [-0.15, -0.1) is 0 Å². The molecule has 2 saturated carbocycles. The molecule has 0 amide bonds. The first-order valence-corrected chi connectivity index (χ1v) is 14.1. The minimum atomic E-state index is -1.86. The van der Waals surface area contributed by atoms with Gasteiger partial charge < -0.3 is 24.4 Å². The molecule has 0 saturated heterocycles. The van der Waals surface area contributed by atoms with Crippen molar-refractivity contribution in [1.82, 2.24) is 0 Å². The van der Waals surface area contributed by atoms with Crippen molar-refractivity contribution in [3.63, 3.8) is 0 Å². The highest BCUT2D eigenvalue weighted by atomic mass is 16.6. The van der Waals surface area contributed by atoms with Gasteiger partial charge in [-0.1, -0.05) is 45.1 Å². The Morgan fingerprint density at radius 3 is 2.29 bits per heavy atom. The lowest BCUT2D eigenvalue weighted by Crippen LogP contribution is -2.61. The molecule has 5 rings (SSSR count). The van der Waals surface area contributed by atoms with E-state index in [9.17, 15) is 29.4 Å². The average molecular weight is 567 g/mol. The van der Waals surface area contributed by atoms with Crippen LogP contribution in [0.3, 0.4) is 0 Å². The molecule has 1 aromatic rings. The Labute approximate surface area is 239 Å². The Balaban J connectivity index is 1.47. The van der Waals surface area contributed by atoms with E-state index in [2.05, 4.69) is 0 Å². The van der Waals surface area contributed by atoms with Crippen LogP contribution in [0.4, 0.5) is 0 Å². The van der Waals surface area contributed by atoms with Crippen molar-refractivity contribution >= 4 is 23.7 Å². The maximum absolute atomic E-state index is 13.3. The van der Waals surface area contributed by atoms with Gasteiger partial charge in [-0.2, -0.15) is 0 Å². The molecule has 9 heteroatoms. The molecule has 4 aliphatic carbocycles. The number of ether oxygens (including phenoxy) is 3. The van der Waals surface area contributed by atoms with Crippen molar-refractivity contribution in [3.8, 4) is 5.75 Å². The molecule has 0 radical (unpaired) electrons. The maximum atomic E-state index is 13.3. The lowest BCUT2D eigenvalue weighted by atomic mass is 9.60. The Kier molecular flexibility index (Phi) is 6.86. The van der Waals surface area contributed by atoms with Crippen LogP contribution in [0.25, 0.3) is 0 Å². The van der Waals surface area contributed by atoms with Gasteiger partial charge >= 0.3 is 17.9 Å². The molecular formula is C32H38O9. The number of fused-ring (bicyclic) bond motifs is 5. The molecule has 0 unspecified atom stereocenters. The number of ketones is 1. The largest absolute Gasteiger partial charge is 0.461 e. The van der Waals surface area contributed by atoms with Crippen LogP contribution in [0, 0.1) is 29.1 Å². The Bertz CT molecular complexity index is 1370. The number of hydrogen-bond donors (Lipinski definition) is 2. The molecule has 0 spiro atoms. The summed E-state index contributed by atoms with van der Waals surface area (Å²) in [6.45, 7) is 10.0. The molecule has 220 valence electrons. The molecule has 9 nitrogen and oxygen atoms in total. The number of rotatable bonds is 6. The molecule has 2 N–H and O–H groups in total. The summed E-state index contributed by atoms with van der Waals surface area (Å²) in [5, 5.41) is 24.3. The molecule has 4 aliphatic rings. The summed E-state index contributed by atoms with van der Waals surface area (Å²) < 4.78 is 16.6. The van der Waals surface area contributed by atoms with E-state index < -0.39 is 63.7 Å². The number of hydrogen-bond acceptors (Lipinski definition) is 9. The molecule has 0 aliphatic heterocycles. The van der Waals surface area contributed by atoms with Crippen molar-refractivity contribution < 1.29 is 43.6 Å². The minimum Gasteiger partial charge on any atom is -0.461 e. The van der Waals surface area contributed by atoms with Gasteiger partial charge in [-0.05, 0) is 48.1 Å². The van der Waals surface area contributed by atoms with Crippen LogP contribution in [0.1, 0.15) is 59.9 Å². The van der Waals surface area contributed by atoms with Crippen LogP contribution >= 0.6 is 0 Å². The quantitative estimate of drug-likeness (QED) is 0.302. The molecule has 0 heterocycles. The SMILES string of the molecule is CC(=O)OCC1=C[C@H]2[C@@H]3C(C)(C)[C@]3(OC(=O)Cc3ccc(OC(C)=O)cc3)C[C@@H](C)[C@]2(O)[C@@H]2C=C(C)C(=O)[C@@]2(O)C1. The third-order valence-corrected chi connectivity index (χ3v) is 9.96. The van der Waals surface area contributed by atoms with Gasteiger partial charge in [-0.3, -0.25) is 19.2 Å². The smallest absolute Gasteiger partial charge is 0.310 e. The van der Waals surface area contributed by atoms with Crippen LogP contribution in [0.5, 0.6) is 5.75 Å². The summed E-state index contributed by atoms with van der Waals surface area (Å²) in [6.07, 6.45) is 3.84. The number of benzene rings is 1. The first-order chi connectivity index (χ1) is 19.1. The number of carbonyl (C=O) groups is 4. The lowest BCUT2D eigenvalue weighted by Gasteiger charge is -2.50. The number of carbonyl (C=O) groups excluding carboxylic acids is 4. The summed E-state index contributed by atoms with van der Waals surface area (Å²) in [7, 11) is 0. The van der Waals surface area contributed by atoms with Gasteiger partial charge in [0.1, 0.15) is 23.6 Å². The second-order valence-corrected chi connectivity index (χ2v) is 12.9. The van der Waals surface area contributed by atoms with Crippen LogP contribution in [-0.4, -0.2) is 57.3 Å². The van der Waals surface area contributed by atoms with E-state index in [1.54, 1.807) is 37.3 Å². The highest BCUT2D eigenvalue weighted by molar-refractivity contribution is 6.04. The van der Waals surface area contributed by atoms with Crippen molar-refractivity contribution in [2.24, 2.45) is 29.1 Å². The monoisotopic (exact) mass is 566 g/mol. The molecule has 0 aromatic heterocycles. The van der Waals surface area contributed by atoms with Crippen molar-refractivity contribution in [1.29, 1.82) is 0 Å². The predicted molar refractivity (Wildman–Crippen MR) is 146 cm³/mol. The molecule has 2 fully saturated rings. The van der Waals surface area contributed by atoms with E-state index in [1.807, 2.05) is 26.8 Å². The van der Waals surface area contributed by atoms with Gasteiger partial charge in [0, 0.05) is 43.4 Å². The Morgan fingerprint density at radius 2 is 1.68 bits per heavy atom. The fourth-order valence-corrected chi connectivity index (χ4v) is 8.03. The van der Waals surface area contributed by atoms with E-state index in [-0.39, 0.29) is 25.4 Å². The summed E-state index contributed by atoms with van der Waals surface area (Å²) in [4.78, 5) is 49.4. The molecular weight excluding hydrogens is 528 g/mol. The van der Waals surface area contributed by atoms with Crippen molar-refractivity contribution in [2.45, 2.75) is 77.6 Å². The molecule has 0 bridgehead atoms. The highest BCUT2D eigenvalue weighted by Gasteiger charge is 2.83. The van der Waals surface area contributed by atoms with Gasteiger partial charge in [0.15, 0.2) is 5.78 Å². The Hall–Kier alpha value is -3.30. The van der Waals surface area contributed by atoms with Gasteiger partial charge in [0.2, 0.25) is 0 Å². The third-order valence-electron chi connectivity index (χ3n) is 9.96. The van der Waals surface area contributed by atoms with Gasteiger partial charge in [-0.25, -0.2) is 0 Å². The fraction of sp³-hybridized carbons (Fsp3) is 0.562. The van der Waals surface area contributed by atoms with E-state index >= 15 is 0 Å². The maximum Gasteiger partial charge on any atom is 0.310 e. The van der Waals surface area contributed by atoms with Crippen LogP contribution < -0.4 is 4.74 Å². The van der Waals surface area contributed by atoms with Gasteiger partial charge in [0.25, 0.3) is 0 Å². The molecule has 1 aromatic carbocycles. The standard InChI is InChI=1S/C32H38O9/c1-17-11-25-30(37,28(17)36)15-22(16-39-19(3)33)12-24-27-29(5,6)31(27,14-18(2)32(24,25)38)41-26(35)13-21-7-9-23(10-8-21)40-20(4)34/h7-12,18,24-25,27,37-38H,13-16H2,1-6H3/t18-,24+,25-,27-,30-,31+,32-/m1/s1. The topological polar surface area (TPSA) is 136 Å². The summed E-state index contributed by atoms with van der Waals surface area (Å²) >= 11 is 0. The lowest BCUT2D eigenvalue weighted by molar-refractivity contribution is -0.186. The van der Waals surface area contributed by atoms with Gasteiger partial charge in [0.05, 0.1) is 12.0 Å². The van der Waals surface area contributed by atoms with Crippen molar-refractivity contribution in [3.05, 3.63) is 53.1 Å². The number of Topliss-reactive ketones (excluding diaryl/α,β-unsaturated/α-hetero) is 1. The van der Waals surface area contributed by atoms with Crippen LogP contribution in [0.15, 0.2) is 47.6 Å². The highest BCUT2D eigenvalue weighted by Crippen LogP contribution is 2.76. The first-order valence-electron chi connectivity index (χ1n) is 14.1. The van der Waals surface area contributed by atoms with Crippen LogP contribution in [0.2, 0.25) is 0 Å². The van der Waals surface area contributed by atoms with Crippen molar-refractivity contribution in [2.75, 3.05) is 6.61 Å². The fourth-order valence-electron chi connectivity index (χ4n) is 8.03. The van der Waals surface area contributed by atoms with E-state index in [4.69, 9.17) is 14.2 Å².